The Morgan fingerprint density at radius 2 is 1.83 bits per heavy atom. The number of anilines is 1. The number of carbonyl (C=O) groups excluding carboxylic acids is 1. The Kier molecular flexibility index (Phi) is 2.92. The third-order valence-corrected chi connectivity index (χ3v) is 4.91. The Bertz CT molecular complexity index is 854. The summed E-state index contributed by atoms with van der Waals surface area (Å²) in [7, 11) is 0. The molecule has 4 nitrogen and oxygen atoms in total. The molecular formula is C20H18N2O2. The normalized spacial score (nSPS) is 22.0. The molecule has 0 bridgehead atoms. The second-order valence-corrected chi connectivity index (χ2v) is 6.58. The van der Waals surface area contributed by atoms with E-state index in [0.29, 0.717) is 12.6 Å². The van der Waals surface area contributed by atoms with Gasteiger partial charge in [-0.05, 0) is 37.1 Å². The van der Waals surface area contributed by atoms with Gasteiger partial charge in [0.05, 0.1) is 5.56 Å². The first-order chi connectivity index (χ1) is 11.8. The van der Waals surface area contributed by atoms with Gasteiger partial charge in [0.25, 0.3) is 5.91 Å². The Balaban J connectivity index is 1.57. The molecule has 24 heavy (non-hydrogen) atoms. The molecule has 1 amide bonds. The molecule has 1 fully saturated rings. The molecule has 5 rings (SSSR count). The standard InChI is InChI=1S/C20H18N2O2/c23-20-16-6-2-3-7-17(16)21-19(22(20)15-9-10-15)14-11-13-5-1-4-8-18(13)24-12-14/h1-8,11,15,19,21H,9-10,12H2. The van der Waals surface area contributed by atoms with E-state index in [2.05, 4.69) is 17.5 Å². The van der Waals surface area contributed by atoms with Gasteiger partial charge in [-0.2, -0.15) is 0 Å². The van der Waals surface area contributed by atoms with E-state index in [9.17, 15) is 4.79 Å². The number of hydrogen-bond acceptors (Lipinski definition) is 3. The van der Waals surface area contributed by atoms with Gasteiger partial charge in [0.15, 0.2) is 0 Å². The van der Waals surface area contributed by atoms with E-state index < -0.39 is 0 Å². The van der Waals surface area contributed by atoms with Crippen molar-refractivity contribution in [1.29, 1.82) is 0 Å². The van der Waals surface area contributed by atoms with Gasteiger partial charge in [-0.15, -0.1) is 0 Å². The van der Waals surface area contributed by atoms with E-state index in [0.717, 1.165) is 41.0 Å². The first-order valence-corrected chi connectivity index (χ1v) is 8.42. The summed E-state index contributed by atoms with van der Waals surface area (Å²) in [6.45, 7) is 0.507. The maximum atomic E-state index is 13.0. The van der Waals surface area contributed by atoms with Crippen molar-refractivity contribution in [2.45, 2.75) is 25.0 Å². The van der Waals surface area contributed by atoms with E-state index in [-0.39, 0.29) is 12.1 Å². The van der Waals surface area contributed by atoms with Crippen LogP contribution >= 0.6 is 0 Å². The van der Waals surface area contributed by atoms with Gasteiger partial charge in [-0.3, -0.25) is 4.79 Å². The molecule has 1 unspecified atom stereocenters. The van der Waals surface area contributed by atoms with Crippen molar-refractivity contribution in [3.63, 3.8) is 0 Å². The molecule has 0 radical (unpaired) electrons. The fraction of sp³-hybridized carbons (Fsp3) is 0.250. The minimum Gasteiger partial charge on any atom is -0.488 e. The number of para-hydroxylation sites is 2. The third kappa shape index (κ3) is 2.10. The lowest BCUT2D eigenvalue weighted by Crippen LogP contribution is -2.51. The third-order valence-electron chi connectivity index (χ3n) is 4.91. The lowest BCUT2D eigenvalue weighted by molar-refractivity contribution is 0.0688. The molecule has 1 saturated carbocycles. The summed E-state index contributed by atoms with van der Waals surface area (Å²) >= 11 is 0. The molecule has 3 aliphatic rings. The zero-order chi connectivity index (χ0) is 16.1. The summed E-state index contributed by atoms with van der Waals surface area (Å²) in [5.41, 5.74) is 3.84. The van der Waals surface area contributed by atoms with E-state index in [4.69, 9.17) is 4.74 Å². The number of amides is 1. The zero-order valence-electron chi connectivity index (χ0n) is 13.2. The van der Waals surface area contributed by atoms with Crippen LogP contribution in [0.2, 0.25) is 0 Å². The molecular weight excluding hydrogens is 300 g/mol. The monoisotopic (exact) mass is 318 g/mol. The van der Waals surface area contributed by atoms with Gasteiger partial charge in [0.1, 0.15) is 18.5 Å². The van der Waals surface area contributed by atoms with Crippen LogP contribution in [0.5, 0.6) is 5.75 Å². The summed E-state index contributed by atoms with van der Waals surface area (Å²) in [6.07, 6.45) is 4.19. The highest BCUT2D eigenvalue weighted by atomic mass is 16.5. The van der Waals surface area contributed by atoms with Gasteiger partial charge in [-0.25, -0.2) is 0 Å². The average molecular weight is 318 g/mol. The fourth-order valence-electron chi connectivity index (χ4n) is 3.56. The molecule has 4 heteroatoms. The van der Waals surface area contributed by atoms with Crippen molar-refractivity contribution < 1.29 is 9.53 Å². The van der Waals surface area contributed by atoms with Gasteiger partial charge in [-0.1, -0.05) is 30.3 Å². The fourth-order valence-corrected chi connectivity index (χ4v) is 3.56. The Hall–Kier alpha value is -2.75. The van der Waals surface area contributed by atoms with Crippen LogP contribution in [0.15, 0.2) is 54.1 Å². The Labute approximate surface area is 140 Å². The predicted molar refractivity (Wildman–Crippen MR) is 93.0 cm³/mol. The van der Waals surface area contributed by atoms with Crippen LogP contribution in [-0.2, 0) is 0 Å². The molecule has 2 aliphatic heterocycles. The molecule has 2 aromatic rings. The second-order valence-electron chi connectivity index (χ2n) is 6.58. The quantitative estimate of drug-likeness (QED) is 0.921. The molecule has 2 aromatic carbocycles. The number of carbonyl (C=O) groups is 1. The number of hydrogen-bond donors (Lipinski definition) is 1. The van der Waals surface area contributed by atoms with Crippen molar-refractivity contribution in [3.05, 3.63) is 65.2 Å². The molecule has 0 saturated heterocycles. The lowest BCUT2D eigenvalue weighted by Gasteiger charge is -2.40. The van der Waals surface area contributed by atoms with Crippen molar-refractivity contribution in [2.75, 3.05) is 11.9 Å². The number of nitrogens with one attached hydrogen (secondary N) is 1. The van der Waals surface area contributed by atoms with E-state index in [1.54, 1.807) is 0 Å². The largest absolute Gasteiger partial charge is 0.488 e. The predicted octanol–water partition coefficient (Wildman–Crippen LogP) is 3.52. The average Bonchev–Trinajstić information content (AvgIpc) is 3.46. The van der Waals surface area contributed by atoms with Gasteiger partial charge in [0, 0.05) is 22.9 Å². The smallest absolute Gasteiger partial charge is 0.258 e. The van der Waals surface area contributed by atoms with Crippen molar-refractivity contribution >= 4 is 17.7 Å². The van der Waals surface area contributed by atoms with Crippen molar-refractivity contribution in [2.24, 2.45) is 0 Å². The topological polar surface area (TPSA) is 41.6 Å². The molecule has 1 atom stereocenters. The van der Waals surface area contributed by atoms with Crippen LogP contribution in [0.4, 0.5) is 5.69 Å². The maximum Gasteiger partial charge on any atom is 0.258 e. The number of nitrogens with zero attached hydrogens (tertiary/aromatic N) is 1. The minimum absolute atomic E-state index is 0.122. The first kappa shape index (κ1) is 13.7. The van der Waals surface area contributed by atoms with Gasteiger partial charge < -0.3 is 15.0 Å². The summed E-state index contributed by atoms with van der Waals surface area (Å²) in [5, 5.41) is 3.56. The van der Waals surface area contributed by atoms with Crippen LogP contribution in [0.1, 0.15) is 28.8 Å². The van der Waals surface area contributed by atoms with Gasteiger partial charge in [0.2, 0.25) is 0 Å². The Morgan fingerprint density at radius 1 is 1.04 bits per heavy atom. The summed E-state index contributed by atoms with van der Waals surface area (Å²) < 4.78 is 5.91. The molecule has 2 heterocycles. The highest BCUT2D eigenvalue weighted by molar-refractivity contribution is 6.02. The van der Waals surface area contributed by atoms with E-state index >= 15 is 0 Å². The molecule has 0 spiro atoms. The van der Waals surface area contributed by atoms with Crippen molar-refractivity contribution in [1.82, 2.24) is 4.90 Å². The highest BCUT2D eigenvalue weighted by Gasteiger charge is 2.43. The number of rotatable bonds is 2. The molecule has 0 aromatic heterocycles. The van der Waals surface area contributed by atoms with E-state index in [1.165, 1.54) is 0 Å². The van der Waals surface area contributed by atoms with Crippen LogP contribution in [-0.4, -0.2) is 29.6 Å². The summed E-state index contributed by atoms with van der Waals surface area (Å²) in [6, 6.07) is 16.1. The summed E-state index contributed by atoms with van der Waals surface area (Å²) in [4.78, 5) is 15.0. The van der Waals surface area contributed by atoms with Crippen molar-refractivity contribution in [3.8, 4) is 5.75 Å². The summed E-state index contributed by atoms with van der Waals surface area (Å²) in [5.74, 6) is 1.03. The zero-order valence-corrected chi connectivity index (χ0v) is 13.2. The Morgan fingerprint density at radius 3 is 2.71 bits per heavy atom. The number of ether oxygens (including phenoxy) is 1. The molecule has 120 valence electrons. The second kappa shape index (κ2) is 5.13. The maximum absolute atomic E-state index is 13.0. The van der Waals surface area contributed by atoms with Crippen LogP contribution in [0.25, 0.3) is 6.08 Å². The van der Waals surface area contributed by atoms with E-state index in [1.807, 2.05) is 47.4 Å². The van der Waals surface area contributed by atoms with Gasteiger partial charge >= 0.3 is 0 Å². The minimum atomic E-state index is -0.131. The first-order valence-electron chi connectivity index (χ1n) is 8.42. The SMILES string of the molecule is O=C1c2ccccc2NC(C2=Cc3ccccc3OC2)N1C1CC1. The lowest BCUT2D eigenvalue weighted by atomic mass is 10.00. The molecule has 1 N–H and O–H groups in total. The van der Waals surface area contributed by atoms with Crippen LogP contribution in [0.3, 0.4) is 0 Å². The van der Waals surface area contributed by atoms with Crippen LogP contribution < -0.4 is 10.1 Å². The number of benzene rings is 2. The number of fused-ring (bicyclic) bond motifs is 2. The molecule has 1 aliphatic carbocycles. The van der Waals surface area contributed by atoms with Crippen LogP contribution in [0, 0.1) is 0 Å². The highest BCUT2D eigenvalue weighted by Crippen LogP contribution is 2.38.